The Hall–Kier alpha value is -2.48. The van der Waals surface area contributed by atoms with Crippen molar-refractivity contribution in [2.45, 2.75) is 9.79 Å². The summed E-state index contributed by atoms with van der Waals surface area (Å²) < 4.78 is 26.9. The average molecular weight is 311 g/mol. The maximum absolute atomic E-state index is 13.7. The molecule has 0 bridgehead atoms. The molecule has 21 heavy (non-hydrogen) atoms. The summed E-state index contributed by atoms with van der Waals surface area (Å²) in [5, 5.41) is 19.6. The molecule has 0 aliphatic rings. The molecule has 0 heterocycles. The first-order valence-electron chi connectivity index (χ1n) is 5.53. The van der Waals surface area contributed by atoms with Gasteiger partial charge in [0.1, 0.15) is 4.90 Å². The first-order valence-corrected chi connectivity index (χ1v) is 6.35. The predicted molar refractivity (Wildman–Crippen MR) is 70.5 cm³/mol. The Kier molecular flexibility index (Phi) is 4.18. The normalized spacial score (nSPS) is 10.4. The Balaban J connectivity index is 2.41. The van der Waals surface area contributed by atoms with Gasteiger partial charge in [0, 0.05) is 11.0 Å². The number of carboxylic acids is 1. The molecule has 2 aromatic carbocycles. The van der Waals surface area contributed by atoms with Crippen molar-refractivity contribution in [3.63, 3.8) is 0 Å². The molecule has 0 spiro atoms. The van der Waals surface area contributed by atoms with Gasteiger partial charge in [0.25, 0.3) is 5.69 Å². The van der Waals surface area contributed by atoms with Crippen LogP contribution in [0.15, 0.2) is 46.2 Å². The van der Waals surface area contributed by atoms with Gasteiger partial charge in [-0.3, -0.25) is 10.1 Å². The van der Waals surface area contributed by atoms with E-state index in [-0.39, 0.29) is 5.56 Å². The van der Waals surface area contributed by atoms with Crippen molar-refractivity contribution in [2.75, 3.05) is 0 Å². The number of rotatable bonds is 4. The molecule has 0 atom stereocenters. The highest BCUT2D eigenvalue weighted by molar-refractivity contribution is 7.99. The van der Waals surface area contributed by atoms with Crippen molar-refractivity contribution < 1.29 is 23.6 Å². The van der Waals surface area contributed by atoms with E-state index < -0.39 is 33.1 Å². The lowest BCUT2D eigenvalue weighted by Crippen LogP contribution is -1.97. The van der Waals surface area contributed by atoms with Crippen molar-refractivity contribution in [1.29, 1.82) is 0 Å². The van der Waals surface area contributed by atoms with E-state index in [0.717, 1.165) is 6.07 Å². The molecule has 5 nitrogen and oxygen atoms in total. The van der Waals surface area contributed by atoms with E-state index in [4.69, 9.17) is 5.11 Å². The second-order valence-electron chi connectivity index (χ2n) is 3.90. The number of hydrogen-bond acceptors (Lipinski definition) is 4. The lowest BCUT2D eigenvalue weighted by molar-refractivity contribution is -0.388. The lowest BCUT2D eigenvalue weighted by Gasteiger charge is -2.05. The molecule has 0 unspecified atom stereocenters. The molecule has 108 valence electrons. The number of aromatic carboxylic acids is 1. The maximum Gasteiger partial charge on any atom is 0.335 e. The monoisotopic (exact) mass is 311 g/mol. The van der Waals surface area contributed by atoms with Gasteiger partial charge in [0.15, 0.2) is 11.6 Å². The summed E-state index contributed by atoms with van der Waals surface area (Å²) in [5.74, 6) is -3.63. The van der Waals surface area contributed by atoms with Crippen molar-refractivity contribution in [2.24, 2.45) is 0 Å². The third-order valence-corrected chi connectivity index (χ3v) is 3.65. The van der Waals surface area contributed by atoms with E-state index in [9.17, 15) is 23.7 Å². The highest BCUT2D eigenvalue weighted by Gasteiger charge is 2.22. The summed E-state index contributed by atoms with van der Waals surface area (Å²) in [6, 6.07) is 6.84. The zero-order valence-electron chi connectivity index (χ0n) is 10.2. The van der Waals surface area contributed by atoms with Gasteiger partial charge in [-0.1, -0.05) is 11.8 Å². The maximum atomic E-state index is 13.7. The Morgan fingerprint density at radius 3 is 2.29 bits per heavy atom. The number of nitrogens with zero attached hydrogens (tertiary/aromatic N) is 1. The average Bonchev–Trinajstić information content (AvgIpc) is 2.44. The van der Waals surface area contributed by atoms with E-state index >= 15 is 0 Å². The molecule has 0 amide bonds. The number of carbonyl (C=O) groups is 1. The standard InChI is InChI=1S/C13H7F2NO4S/c14-9-5-6-10(16(19)20)12(11(9)15)21-8-3-1-7(2-4-8)13(17)18/h1-6H,(H,17,18). The van der Waals surface area contributed by atoms with Crippen LogP contribution in [0.4, 0.5) is 14.5 Å². The molecule has 0 fully saturated rings. The van der Waals surface area contributed by atoms with Crippen LogP contribution in [0.2, 0.25) is 0 Å². The highest BCUT2D eigenvalue weighted by Crippen LogP contribution is 2.37. The molecule has 2 aromatic rings. The number of halogens is 2. The minimum absolute atomic E-state index is 0.0218. The Labute approximate surface area is 121 Å². The summed E-state index contributed by atoms with van der Waals surface area (Å²) in [6.07, 6.45) is 0. The fourth-order valence-corrected chi connectivity index (χ4v) is 2.49. The predicted octanol–water partition coefficient (Wildman–Crippen LogP) is 3.72. The summed E-state index contributed by atoms with van der Waals surface area (Å²) >= 11 is 0.654. The Bertz CT molecular complexity index is 719. The first kappa shape index (κ1) is 14.9. The van der Waals surface area contributed by atoms with Gasteiger partial charge in [0.05, 0.1) is 10.5 Å². The van der Waals surface area contributed by atoms with Crippen LogP contribution in [0, 0.1) is 21.7 Å². The Morgan fingerprint density at radius 2 is 1.76 bits per heavy atom. The molecule has 1 N–H and O–H groups in total. The summed E-state index contributed by atoms with van der Waals surface area (Å²) in [4.78, 5) is 20.6. The SMILES string of the molecule is O=C(O)c1ccc(Sc2c([N+](=O)[O-])ccc(F)c2F)cc1. The first-order chi connectivity index (χ1) is 9.90. The van der Waals surface area contributed by atoms with Crippen molar-refractivity contribution in [3.8, 4) is 0 Å². The lowest BCUT2D eigenvalue weighted by atomic mass is 10.2. The number of carboxylic acid groups (broad SMARTS) is 1. The van der Waals surface area contributed by atoms with E-state index in [0.29, 0.717) is 22.7 Å². The van der Waals surface area contributed by atoms with Crippen LogP contribution in [-0.2, 0) is 0 Å². The third-order valence-electron chi connectivity index (χ3n) is 2.55. The van der Waals surface area contributed by atoms with Gasteiger partial charge in [0.2, 0.25) is 0 Å². The van der Waals surface area contributed by atoms with E-state index in [1.807, 2.05) is 0 Å². The van der Waals surface area contributed by atoms with Crippen LogP contribution >= 0.6 is 11.8 Å². The van der Waals surface area contributed by atoms with Crippen LogP contribution in [0.25, 0.3) is 0 Å². The largest absolute Gasteiger partial charge is 0.478 e. The zero-order chi connectivity index (χ0) is 15.6. The van der Waals surface area contributed by atoms with Crippen LogP contribution in [0.1, 0.15) is 10.4 Å². The van der Waals surface area contributed by atoms with Gasteiger partial charge in [-0.2, -0.15) is 0 Å². The fraction of sp³-hybridized carbons (Fsp3) is 0. The fourth-order valence-electron chi connectivity index (χ4n) is 1.55. The summed E-state index contributed by atoms with van der Waals surface area (Å²) in [5.41, 5.74) is -0.533. The molecule has 8 heteroatoms. The molecule has 2 rings (SSSR count). The van der Waals surface area contributed by atoms with Gasteiger partial charge in [-0.15, -0.1) is 0 Å². The van der Waals surface area contributed by atoms with Crippen molar-refractivity contribution in [3.05, 3.63) is 63.7 Å². The highest BCUT2D eigenvalue weighted by atomic mass is 32.2. The Morgan fingerprint density at radius 1 is 1.14 bits per heavy atom. The van der Waals surface area contributed by atoms with Crippen molar-refractivity contribution >= 4 is 23.4 Å². The molecule has 0 saturated heterocycles. The number of hydrogen-bond donors (Lipinski definition) is 1. The minimum Gasteiger partial charge on any atom is -0.478 e. The third kappa shape index (κ3) is 3.16. The van der Waals surface area contributed by atoms with Crippen LogP contribution in [-0.4, -0.2) is 16.0 Å². The molecular formula is C13H7F2NO4S. The van der Waals surface area contributed by atoms with E-state index in [2.05, 4.69) is 0 Å². The van der Waals surface area contributed by atoms with E-state index in [1.165, 1.54) is 24.3 Å². The van der Waals surface area contributed by atoms with Gasteiger partial charge in [-0.05, 0) is 30.3 Å². The summed E-state index contributed by atoms with van der Waals surface area (Å²) in [7, 11) is 0. The minimum atomic E-state index is -1.31. The smallest absolute Gasteiger partial charge is 0.335 e. The number of nitro groups is 1. The molecule has 0 aliphatic heterocycles. The zero-order valence-corrected chi connectivity index (χ0v) is 11.1. The second-order valence-corrected chi connectivity index (χ2v) is 4.98. The van der Waals surface area contributed by atoms with Gasteiger partial charge >= 0.3 is 5.97 Å². The number of nitro benzene ring substituents is 1. The van der Waals surface area contributed by atoms with E-state index in [1.54, 1.807) is 0 Å². The molecule has 0 aliphatic carbocycles. The summed E-state index contributed by atoms with van der Waals surface area (Å²) in [6.45, 7) is 0. The molecule has 0 radical (unpaired) electrons. The number of benzene rings is 2. The van der Waals surface area contributed by atoms with Crippen LogP contribution in [0.5, 0.6) is 0 Å². The van der Waals surface area contributed by atoms with Crippen LogP contribution < -0.4 is 0 Å². The quantitative estimate of drug-likeness (QED) is 0.687. The molecule has 0 aromatic heterocycles. The van der Waals surface area contributed by atoms with Gasteiger partial charge < -0.3 is 5.11 Å². The molecular weight excluding hydrogens is 304 g/mol. The second kappa shape index (κ2) is 5.88. The molecule has 0 saturated carbocycles. The van der Waals surface area contributed by atoms with Gasteiger partial charge in [-0.25, -0.2) is 13.6 Å². The topological polar surface area (TPSA) is 80.4 Å². The van der Waals surface area contributed by atoms with Crippen molar-refractivity contribution in [1.82, 2.24) is 0 Å². The van der Waals surface area contributed by atoms with Crippen LogP contribution in [0.3, 0.4) is 0 Å².